The molecule has 0 unspecified atom stereocenters. The summed E-state index contributed by atoms with van der Waals surface area (Å²) in [6.45, 7) is 0. The Hall–Kier alpha value is -2.14. The lowest BCUT2D eigenvalue weighted by molar-refractivity contribution is -0.121. The van der Waals surface area contributed by atoms with Crippen molar-refractivity contribution in [1.29, 1.82) is 0 Å². The zero-order valence-electron chi connectivity index (χ0n) is 13.1. The van der Waals surface area contributed by atoms with E-state index in [4.69, 9.17) is 0 Å². The summed E-state index contributed by atoms with van der Waals surface area (Å²) >= 11 is 0. The van der Waals surface area contributed by atoms with Gasteiger partial charge in [0.05, 0.1) is 11.8 Å². The van der Waals surface area contributed by atoms with Gasteiger partial charge in [-0.3, -0.25) is 4.79 Å². The highest BCUT2D eigenvalue weighted by Crippen LogP contribution is 2.21. The Kier molecular flexibility index (Phi) is 5.93. The van der Waals surface area contributed by atoms with Crippen molar-refractivity contribution in [2.24, 2.45) is 0 Å². The van der Waals surface area contributed by atoms with Crippen molar-refractivity contribution < 1.29 is 13.2 Å². The predicted octanol–water partition coefficient (Wildman–Crippen LogP) is 2.72. The summed E-state index contributed by atoms with van der Waals surface area (Å²) in [7, 11) is -3.03. The molecular formula is C18H21NO3S. The maximum absolute atomic E-state index is 12.2. The highest BCUT2D eigenvalue weighted by Gasteiger charge is 2.16. The second-order valence-corrected chi connectivity index (χ2v) is 7.82. The first kappa shape index (κ1) is 17.2. The zero-order valence-corrected chi connectivity index (χ0v) is 13.9. The number of nitrogens with one attached hydrogen (secondary N) is 1. The van der Waals surface area contributed by atoms with Gasteiger partial charge in [-0.05, 0) is 17.5 Å². The molecule has 0 aliphatic carbocycles. The van der Waals surface area contributed by atoms with Crippen molar-refractivity contribution in [3.63, 3.8) is 0 Å². The molecule has 0 spiro atoms. The molecule has 0 atom stereocenters. The van der Waals surface area contributed by atoms with Crippen LogP contribution in [0.2, 0.25) is 0 Å². The van der Waals surface area contributed by atoms with Crippen LogP contribution in [0, 0.1) is 0 Å². The van der Waals surface area contributed by atoms with E-state index in [-0.39, 0.29) is 24.1 Å². The van der Waals surface area contributed by atoms with Crippen molar-refractivity contribution in [3.8, 4) is 0 Å². The average molecular weight is 331 g/mol. The Labute approximate surface area is 137 Å². The van der Waals surface area contributed by atoms with Gasteiger partial charge in [0.2, 0.25) is 5.91 Å². The second-order valence-electron chi connectivity index (χ2n) is 5.56. The topological polar surface area (TPSA) is 63.2 Å². The van der Waals surface area contributed by atoms with Crippen molar-refractivity contribution in [2.45, 2.75) is 18.9 Å². The summed E-state index contributed by atoms with van der Waals surface area (Å²) < 4.78 is 22.3. The van der Waals surface area contributed by atoms with Crippen molar-refractivity contribution >= 4 is 15.7 Å². The van der Waals surface area contributed by atoms with E-state index in [2.05, 4.69) is 5.32 Å². The summed E-state index contributed by atoms with van der Waals surface area (Å²) in [6.07, 6.45) is 1.71. The van der Waals surface area contributed by atoms with Gasteiger partial charge in [0, 0.05) is 12.7 Å². The van der Waals surface area contributed by atoms with Gasteiger partial charge in [0.15, 0.2) is 0 Å². The Morgan fingerprint density at radius 3 is 1.87 bits per heavy atom. The molecule has 23 heavy (non-hydrogen) atoms. The van der Waals surface area contributed by atoms with Gasteiger partial charge in [-0.15, -0.1) is 0 Å². The second kappa shape index (κ2) is 7.92. The first-order valence-corrected chi connectivity index (χ1v) is 9.59. The average Bonchev–Trinajstić information content (AvgIpc) is 2.53. The molecule has 5 heteroatoms. The van der Waals surface area contributed by atoms with E-state index in [1.807, 2.05) is 60.7 Å². The van der Waals surface area contributed by atoms with Gasteiger partial charge in [0.25, 0.3) is 0 Å². The van der Waals surface area contributed by atoms with E-state index in [0.29, 0.717) is 6.42 Å². The molecule has 0 saturated heterocycles. The Balaban J connectivity index is 2.08. The normalized spacial score (nSPS) is 11.4. The van der Waals surface area contributed by atoms with Crippen LogP contribution >= 0.6 is 0 Å². The van der Waals surface area contributed by atoms with Crippen LogP contribution in [-0.2, 0) is 14.6 Å². The van der Waals surface area contributed by atoms with Crippen molar-refractivity contribution in [3.05, 3.63) is 71.8 Å². The Bertz CT molecular complexity index is 688. The maximum atomic E-state index is 12.2. The fraction of sp³-hybridized carbons (Fsp3) is 0.278. The van der Waals surface area contributed by atoms with Gasteiger partial charge in [-0.1, -0.05) is 60.7 Å². The standard InChI is InChI=1S/C18H21NO3S/c1-23(21,22)14-8-13-17(20)19-18(15-9-4-2-5-10-15)16-11-6-3-7-12-16/h2-7,9-12,18H,8,13-14H2,1H3,(H,19,20). The molecule has 0 radical (unpaired) electrons. The first-order valence-electron chi connectivity index (χ1n) is 7.53. The lowest BCUT2D eigenvalue weighted by Gasteiger charge is -2.20. The first-order chi connectivity index (χ1) is 11.0. The fourth-order valence-electron chi connectivity index (χ4n) is 2.38. The lowest BCUT2D eigenvalue weighted by Crippen LogP contribution is -2.29. The van der Waals surface area contributed by atoms with Gasteiger partial charge in [-0.25, -0.2) is 8.42 Å². The van der Waals surface area contributed by atoms with Crippen LogP contribution in [-0.4, -0.2) is 26.3 Å². The molecule has 2 rings (SSSR count). The molecular weight excluding hydrogens is 310 g/mol. The number of hydrogen-bond donors (Lipinski definition) is 1. The molecule has 0 aromatic heterocycles. The van der Waals surface area contributed by atoms with E-state index in [0.717, 1.165) is 11.1 Å². The molecule has 0 heterocycles. The monoisotopic (exact) mass is 331 g/mol. The predicted molar refractivity (Wildman–Crippen MR) is 91.8 cm³/mol. The summed E-state index contributed by atoms with van der Waals surface area (Å²) in [4.78, 5) is 12.2. The van der Waals surface area contributed by atoms with Crippen molar-refractivity contribution in [1.82, 2.24) is 5.32 Å². The molecule has 0 saturated carbocycles. The van der Waals surface area contributed by atoms with E-state index in [1.54, 1.807) is 0 Å². The van der Waals surface area contributed by atoms with Crippen LogP contribution in [0.4, 0.5) is 0 Å². The third kappa shape index (κ3) is 5.87. The zero-order chi connectivity index (χ0) is 16.7. The summed E-state index contributed by atoms with van der Waals surface area (Å²) in [5.41, 5.74) is 1.99. The van der Waals surface area contributed by atoms with Crippen LogP contribution in [0.25, 0.3) is 0 Å². The van der Waals surface area contributed by atoms with Gasteiger partial charge in [-0.2, -0.15) is 0 Å². The van der Waals surface area contributed by atoms with E-state index < -0.39 is 9.84 Å². The molecule has 0 aliphatic heterocycles. The molecule has 2 aromatic rings. The van der Waals surface area contributed by atoms with E-state index in [9.17, 15) is 13.2 Å². The minimum atomic E-state index is -3.03. The Morgan fingerprint density at radius 2 is 1.43 bits per heavy atom. The minimum Gasteiger partial charge on any atom is -0.345 e. The highest BCUT2D eigenvalue weighted by molar-refractivity contribution is 7.90. The molecule has 122 valence electrons. The van der Waals surface area contributed by atoms with Crippen LogP contribution in [0.3, 0.4) is 0 Å². The SMILES string of the molecule is CS(=O)(=O)CCCC(=O)NC(c1ccccc1)c1ccccc1. The minimum absolute atomic E-state index is 0.0295. The largest absolute Gasteiger partial charge is 0.345 e. The van der Waals surface area contributed by atoms with Gasteiger partial charge < -0.3 is 5.32 Å². The summed E-state index contributed by atoms with van der Waals surface area (Å²) in [6, 6.07) is 19.2. The van der Waals surface area contributed by atoms with E-state index >= 15 is 0 Å². The number of hydrogen-bond acceptors (Lipinski definition) is 3. The van der Waals surface area contributed by atoms with E-state index in [1.165, 1.54) is 6.26 Å². The molecule has 0 aliphatic rings. The molecule has 4 nitrogen and oxygen atoms in total. The van der Waals surface area contributed by atoms with Crippen LogP contribution in [0.15, 0.2) is 60.7 Å². The number of carbonyl (C=O) groups excluding carboxylic acids is 1. The molecule has 1 amide bonds. The molecule has 0 fully saturated rings. The third-order valence-electron chi connectivity index (χ3n) is 3.49. The third-order valence-corrected chi connectivity index (χ3v) is 4.52. The quantitative estimate of drug-likeness (QED) is 0.848. The lowest BCUT2D eigenvalue weighted by atomic mass is 9.98. The fourth-order valence-corrected chi connectivity index (χ4v) is 3.05. The molecule has 1 N–H and O–H groups in total. The Morgan fingerprint density at radius 1 is 0.957 bits per heavy atom. The van der Waals surface area contributed by atoms with Gasteiger partial charge in [0.1, 0.15) is 9.84 Å². The smallest absolute Gasteiger partial charge is 0.220 e. The number of sulfone groups is 1. The highest BCUT2D eigenvalue weighted by atomic mass is 32.2. The maximum Gasteiger partial charge on any atom is 0.220 e. The molecule has 2 aromatic carbocycles. The molecule has 0 bridgehead atoms. The van der Waals surface area contributed by atoms with Gasteiger partial charge >= 0.3 is 0 Å². The number of carbonyl (C=O) groups is 1. The van der Waals surface area contributed by atoms with Crippen LogP contribution in [0.5, 0.6) is 0 Å². The number of rotatable bonds is 7. The summed E-state index contributed by atoms with van der Waals surface area (Å²) in [5, 5.41) is 3.00. The van der Waals surface area contributed by atoms with Crippen molar-refractivity contribution in [2.75, 3.05) is 12.0 Å². The van der Waals surface area contributed by atoms with Crippen LogP contribution in [0.1, 0.15) is 30.0 Å². The summed E-state index contributed by atoms with van der Waals surface area (Å²) in [5.74, 6) is -0.117. The number of amides is 1. The number of benzene rings is 2. The van der Waals surface area contributed by atoms with Crippen LogP contribution < -0.4 is 5.32 Å².